The molecule has 0 N–H and O–H groups in total. The van der Waals surface area contributed by atoms with E-state index >= 15 is 0 Å². The largest absolute Gasteiger partial charge is 0.383 e. The third kappa shape index (κ3) is 4.78. The molecule has 3 rings (SSSR count). The molecule has 1 aliphatic heterocycles. The highest BCUT2D eigenvalue weighted by Crippen LogP contribution is 2.25. The molecule has 2 heterocycles. The molecule has 26 heavy (non-hydrogen) atoms. The summed E-state index contributed by atoms with van der Waals surface area (Å²) in [6.45, 7) is 2.91. The molecule has 0 saturated carbocycles. The summed E-state index contributed by atoms with van der Waals surface area (Å²) in [5.41, 5.74) is 0.937. The molecule has 1 aromatic heterocycles. The molecule has 2 aromatic rings. The molecule has 1 aliphatic rings. The van der Waals surface area contributed by atoms with E-state index in [1.165, 1.54) is 18.2 Å². The number of carbonyl (C=O) groups is 1. The normalized spacial score (nSPS) is 14.6. The number of halogens is 1. The van der Waals surface area contributed by atoms with Gasteiger partial charge in [-0.25, -0.2) is 0 Å². The number of ether oxygens (including phenoxy) is 1. The minimum atomic E-state index is 0.170. The van der Waals surface area contributed by atoms with E-state index in [-0.39, 0.29) is 5.91 Å². The zero-order chi connectivity index (χ0) is 18.4. The molecule has 0 atom stereocenters. The summed E-state index contributed by atoms with van der Waals surface area (Å²) in [6, 6.07) is 7.50. The fraction of sp³-hybridized carbons (Fsp3) is 0.500. The van der Waals surface area contributed by atoms with E-state index in [4.69, 9.17) is 16.3 Å². The lowest BCUT2D eigenvalue weighted by molar-refractivity contribution is -0.129. The quantitative estimate of drug-likeness (QED) is 0.674. The molecule has 0 unspecified atom stereocenters. The number of piperidine rings is 1. The SMILES string of the molecule is COCCn1c(SCC(=O)N2CCCCC2)nnc1-c1ccc(Cl)cc1. The number of amides is 1. The molecule has 1 saturated heterocycles. The summed E-state index contributed by atoms with van der Waals surface area (Å²) < 4.78 is 7.22. The van der Waals surface area contributed by atoms with Gasteiger partial charge in [0.2, 0.25) is 5.91 Å². The first-order chi connectivity index (χ1) is 12.7. The van der Waals surface area contributed by atoms with Crippen molar-refractivity contribution < 1.29 is 9.53 Å². The lowest BCUT2D eigenvalue weighted by Gasteiger charge is -2.26. The average Bonchev–Trinajstić information content (AvgIpc) is 3.08. The van der Waals surface area contributed by atoms with Crippen LogP contribution in [0.1, 0.15) is 19.3 Å². The number of carbonyl (C=O) groups excluding carboxylic acids is 1. The number of thioether (sulfide) groups is 1. The summed E-state index contributed by atoms with van der Waals surface area (Å²) in [5.74, 6) is 1.31. The predicted octanol–water partition coefficient (Wildman–Crippen LogP) is 3.35. The zero-order valence-electron chi connectivity index (χ0n) is 14.9. The van der Waals surface area contributed by atoms with Crippen LogP contribution in [0.2, 0.25) is 5.02 Å². The van der Waals surface area contributed by atoms with Crippen molar-refractivity contribution in [1.29, 1.82) is 0 Å². The first-order valence-electron chi connectivity index (χ1n) is 8.77. The van der Waals surface area contributed by atoms with Crippen molar-refractivity contribution in [3.05, 3.63) is 29.3 Å². The number of rotatable bonds is 7. The molecule has 1 aromatic carbocycles. The molecular formula is C18H23ClN4O2S. The predicted molar refractivity (Wildman–Crippen MR) is 103 cm³/mol. The fourth-order valence-electron chi connectivity index (χ4n) is 2.95. The van der Waals surface area contributed by atoms with E-state index in [9.17, 15) is 4.79 Å². The summed E-state index contributed by atoms with van der Waals surface area (Å²) >= 11 is 7.41. The van der Waals surface area contributed by atoms with E-state index in [0.717, 1.165) is 42.5 Å². The van der Waals surface area contributed by atoms with Crippen LogP contribution in [0.15, 0.2) is 29.4 Å². The zero-order valence-corrected chi connectivity index (χ0v) is 16.4. The topological polar surface area (TPSA) is 60.2 Å². The van der Waals surface area contributed by atoms with Crippen LogP contribution in [0.4, 0.5) is 0 Å². The number of hydrogen-bond donors (Lipinski definition) is 0. The Morgan fingerprint density at radius 1 is 1.19 bits per heavy atom. The maximum Gasteiger partial charge on any atom is 0.233 e. The van der Waals surface area contributed by atoms with Crippen LogP contribution in [-0.2, 0) is 16.1 Å². The van der Waals surface area contributed by atoms with Gasteiger partial charge in [0.15, 0.2) is 11.0 Å². The Balaban J connectivity index is 1.73. The van der Waals surface area contributed by atoms with Crippen LogP contribution >= 0.6 is 23.4 Å². The summed E-state index contributed by atoms with van der Waals surface area (Å²) in [4.78, 5) is 14.4. The van der Waals surface area contributed by atoms with Crippen LogP contribution in [0.3, 0.4) is 0 Å². The van der Waals surface area contributed by atoms with Crippen LogP contribution in [0, 0.1) is 0 Å². The maximum atomic E-state index is 12.4. The summed E-state index contributed by atoms with van der Waals surface area (Å²) in [6.07, 6.45) is 3.41. The van der Waals surface area contributed by atoms with Crippen molar-refractivity contribution in [1.82, 2.24) is 19.7 Å². The number of hydrogen-bond acceptors (Lipinski definition) is 5. The van der Waals surface area contributed by atoms with Gasteiger partial charge in [-0.3, -0.25) is 9.36 Å². The Morgan fingerprint density at radius 2 is 1.92 bits per heavy atom. The van der Waals surface area contributed by atoms with Gasteiger partial charge in [0.25, 0.3) is 0 Å². The smallest absolute Gasteiger partial charge is 0.233 e. The van der Waals surface area contributed by atoms with Gasteiger partial charge in [0.1, 0.15) is 0 Å². The minimum absolute atomic E-state index is 0.170. The Hall–Kier alpha value is -1.57. The van der Waals surface area contributed by atoms with Gasteiger partial charge in [-0.15, -0.1) is 10.2 Å². The molecule has 0 aliphatic carbocycles. The molecule has 6 nitrogen and oxygen atoms in total. The Bertz CT molecular complexity index is 729. The Morgan fingerprint density at radius 3 is 2.62 bits per heavy atom. The van der Waals surface area contributed by atoms with E-state index in [1.54, 1.807) is 7.11 Å². The standard InChI is InChI=1S/C18H23ClN4O2S/c1-25-12-11-23-17(14-5-7-15(19)8-6-14)20-21-18(23)26-13-16(24)22-9-3-2-4-10-22/h5-8H,2-4,9-13H2,1H3. The minimum Gasteiger partial charge on any atom is -0.383 e. The monoisotopic (exact) mass is 394 g/mol. The summed E-state index contributed by atoms with van der Waals surface area (Å²) in [7, 11) is 1.67. The molecule has 8 heteroatoms. The van der Waals surface area contributed by atoms with Crippen LogP contribution in [0.25, 0.3) is 11.4 Å². The second-order valence-electron chi connectivity index (χ2n) is 6.19. The van der Waals surface area contributed by atoms with Crippen molar-refractivity contribution in [2.75, 3.05) is 32.6 Å². The Kier molecular flexibility index (Phi) is 6.93. The van der Waals surface area contributed by atoms with Gasteiger partial charge < -0.3 is 9.64 Å². The maximum absolute atomic E-state index is 12.4. The first-order valence-corrected chi connectivity index (χ1v) is 10.1. The molecule has 0 radical (unpaired) electrons. The van der Waals surface area contributed by atoms with Gasteiger partial charge in [-0.2, -0.15) is 0 Å². The lowest BCUT2D eigenvalue weighted by atomic mass is 10.1. The molecule has 0 bridgehead atoms. The number of nitrogens with zero attached hydrogens (tertiary/aromatic N) is 4. The van der Waals surface area contributed by atoms with E-state index < -0.39 is 0 Å². The van der Waals surface area contributed by atoms with Gasteiger partial charge in [-0.1, -0.05) is 23.4 Å². The third-order valence-corrected chi connectivity index (χ3v) is 5.58. The fourth-order valence-corrected chi connectivity index (χ4v) is 3.95. The van der Waals surface area contributed by atoms with Crippen molar-refractivity contribution in [3.8, 4) is 11.4 Å². The van der Waals surface area contributed by atoms with Gasteiger partial charge >= 0.3 is 0 Å². The molecule has 1 amide bonds. The van der Waals surface area contributed by atoms with Gasteiger partial charge in [0, 0.05) is 30.8 Å². The molecule has 1 fully saturated rings. The highest BCUT2D eigenvalue weighted by molar-refractivity contribution is 7.99. The van der Waals surface area contributed by atoms with E-state index in [1.807, 2.05) is 33.7 Å². The molecule has 140 valence electrons. The molecule has 0 spiro atoms. The van der Waals surface area contributed by atoms with Crippen molar-refractivity contribution >= 4 is 29.3 Å². The Labute approximate surface area is 162 Å². The van der Waals surface area contributed by atoms with Crippen molar-refractivity contribution in [2.24, 2.45) is 0 Å². The van der Waals surface area contributed by atoms with Crippen LogP contribution in [-0.4, -0.2) is 58.1 Å². The third-order valence-electron chi connectivity index (χ3n) is 4.37. The van der Waals surface area contributed by atoms with Crippen LogP contribution < -0.4 is 0 Å². The number of likely N-dealkylation sites (tertiary alicyclic amines) is 1. The van der Waals surface area contributed by atoms with Crippen LogP contribution in [0.5, 0.6) is 0 Å². The summed E-state index contributed by atoms with van der Waals surface area (Å²) in [5, 5.41) is 10.0. The lowest BCUT2D eigenvalue weighted by Crippen LogP contribution is -2.36. The number of methoxy groups -OCH3 is 1. The van der Waals surface area contributed by atoms with Gasteiger partial charge in [0.05, 0.1) is 18.9 Å². The van der Waals surface area contributed by atoms with Crippen molar-refractivity contribution in [3.63, 3.8) is 0 Å². The van der Waals surface area contributed by atoms with E-state index in [0.29, 0.717) is 23.9 Å². The molecular weight excluding hydrogens is 372 g/mol. The second kappa shape index (κ2) is 9.39. The number of aromatic nitrogens is 3. The second-order valence-corrected chi connectivity index (χ2v) is 7.57. The van der Waals surface area contributed by atoms with E-state index in [2.05, 4.69) is 10.2 Å². The highest BCUT2D eigenvalue weighted by atomic mass is 35.5. The van der Waals surface area contributed by atoms with Crippen molar-refractivity contribution in [2.45, 2.75) is 31.0 Å². The van der Waals surface area contributed by atoms with Gasteiger partial charge in [-0.05, 0) is 43.5 Å². The highest BCUT2D eigenvalue weighted by Gasteiger charge is 2.19. The number of benzene rings is 1. The first kappa shape index (κ1) is 19.2. The average molecular weight is 395 g/mol.